The first-order valence-corrected chi connectivity index (χ1v) is 6.68. The number of hydrogen-bond donors (Lipinski definition) is 2. The van der Waals surface area contributed by atoms with Crippen molar-refractivity contribution in [3.8, 4) is 5.75 Å². The van der Waals surface area contributed by atoms with Crippen molar-refractivity contribution in [2.24, 2.45) is 11.7 Å². The van der Waals surface area contributed by atoms with E-state index in [0.29, 0.717) is 5.56 Å². The van der Waals surface area contributed by atoms with Crippen LogP contribution in [0.3, 0.4) is 0 Å². The number of ether oxygens (including phenoxy) is 1. The van der Waals surface area contributed by atoms with Gasteiger partial charge in [-0.2, -0.15) is 0 Å². The Morgan fingerprint density at radius 1 is 1.28 bits per heavy atom. The van der Waals surface area contributed by atoms with Crippen molar-refractivity contribution in [3.05, 3.63) is 29.3 Å². The standard InChI is InChI=1S/C15H22N2O/c1-10-3-6-12(7-4-10)18-14-9-11(2)5-8-13(14)15(16)17/h5,8-10,12H,3-4,6-7H2,1-2H3,(H3,16,17). The van der Waals surface area contributed by atoms with Gasteiger partial charge in [0.1, 0.15) is 11.6 Å². The Balaban J connectivity index is 2.12. The summed E-state index contributed by atoms with van der Waals surface area (Å²) in [5.74, 6) is 1.66. The van der Waals surface area contributed by atoms with Gasteiger partial charge in [0.2, 0.25) is 0 Å². The summed E-state index contributed by atoms with van der Waals surface area (Å²) in [5, 5.41) is 7.59. The van der Waals surface area contributed by atoms with Crippen molar-refractivity contribution < 1.29 is 4.74 Å². The Morgan fingerprint density at radius 3 is 2.56 bits per heavy atom. The number of rotatable bonds is 3. The van der Waals surface area contributed by atoms with Crippen LogP contribution in [-0.4, -0.2) is 11.9 Å². The van der Waals surface area contributed by atoms with Crippen LogP contribution in [0, 0.1) is 18.3 Å². The van der Waals surface area contributed by atoms with Gasteiger partial charge < -0.3 is 10.5 Å². The second-order valence-electron chi connectivity index (χ2n) is 5.41. The molecule has 0 unspecified atom stereocenters. The van der Waals surface area contributed by atoms with Gasteiger partial charge in [0.25, 0.3) is 0 Å². The van der Waals surface area contributed by atoms with Crippen molar-refractivity contribution in [1.29, 1.82) is 5.41 Å². The molecule has 0 heterocycles. The Labute approximate surface area is 109 Å². The maximum absolute atomic E-state index is 7.59. The zero-order valence-electron chi connectivity index (χ0n) is 11.2. The zero-order chi connectivity index (χ0) is 13.1. The molecule has 98 valence electrons. The third kappa shape index (κ3) is 3.03. The average molecular weight is 246 g/mol. The highest BCUT2D eigenvalue weighted by atomic mass is 16.5. The summed E-state index contributed by atoms with van der Waals surface area (Å²) in [4.78, 5) is 0. The zero-order valence-corrected chi connectivity index (χ0v) is 11.2. The first-order valence-electron chi connectivity index (χ1n) is 6.68. The smallest absolute Gasteiger partial charge is 0.130 e. The Hall–Kier alpha value is -1.51. The molecule has 0 bridgehead atoms. The molecule has 1 aromatic carbocycles. The number of amidine groups is 1. The van der Waals surface area contributed by atoms with Crippen LogP contribution in [0.5, 0.6) is 5.75 Å². The lowest BCUT2D eigenvalue weighted by Crippen LogP contribution is -2.24. The number of nitrogens with two attached hydrogens (primary N) is 1. The van der Waals surface area contributed by atoms with Crippen LogP contribution in [0.2, 0.25) is 0 Å². The highest BCUT2D eigenvalue weighted by Gasteiger charge is 2.20. The minimum atomic E-state index is 0.0779. The molecule has 1 aromatic rings. The fourth-order valence-corrected chi connectivity index (χ4v) is 2.48. The highest BCUT2D eigenvalue weighted by Crippen LogP contribution is 2.29. The van der Waals surface area contributed by atoms with Gasteiger partial charge in [-0.3, -0.25) is 5.41 Å². The number of hydrogen-bond acceptors (Lipinski definition) is 2. The molecule has 2 rings (SSSR count). The van der Waals surface area contributed by atoms with Gasteiger partial charge in [-0.25, -0.2) is 0 Å². The van der Waals surface area contributed by atoms with Gasteiger partial charge in [-0.1, -0.05) is 13.0 Å². The van der Waals surface area contributed by atoms with Gasteiger partial charge in [0, 0.05) is 0 Å². The van der Waals surface area contributed by atoms with Crippen LogP contribution in [0.25, 0.3) is 0 Å². The van der Waals surface area contributed by atoms with Gasteiger partial charge in [-0.05, 0) is 56.2 Å². The first-order chi connectivity index (χ1) is 8.56. The van der Waals surface area contributed by atoms with E-state index in [1.165, 1.54) is 12.8 Å². The van der Waals surface area contributed by atoms with E-state index in [-0.39, 0.29) is 11.9 Å². The normalized spacial score (nSPS) is 23.7. The number of benzene rings is 1. The molecule has 1 aliphatic rings. The summed E-state index contributed by atoms with van der Waals surface area (Å²) in [7, 11) is 0. The van der Waals surface area contributed by atoms with Crippen LogP contribution in [0.15, 0.2) is 18.2 Å². The third-order valence-corrected chi connectivity index (χ3v) is 3.68. The monoisotopic (exact) mass is 246 g/mol. The van der Waals surface area contributed by atoms with E-state index >= 15 is 0 Å². The van der Waals surface area contributed by atoms with Crippen molar-refractivity contribution >= 4 is 5.84 Å². The molecular weight excluding hydrogens is 224 g/mol. The van der Waals surface area contributed by atoms with Gasteiger partial charge >= 0.3 is 0 Å². The summed E-state index contributed by atoms with van der Waals surface area (Å²) in [5.41, 5.74) is 7.44. The second kappa shape index (κ2) is 5.42. The van der Waals surface area contributed by atoms with Crippen LogP contribution in [-0.2, 0) is 0 Å². The number of nitrogen functional groups attached to an aromatic ring is 1. The van der Waals surface area contributed by atoms with E-state index in [4.69, 9.17) is 15.9 Å². The molecule has 0 aliphatic heterocycles. The molecule has 0 atom stereocenters. The van der Waals surface area contributed by atoms with Crippen molar-refractivity contribution in [2.45, 2.75) is 45.6 Å². The molecule has 3 heteroatoms. The summed E-state index contributed by atoms with van der Waals surface area (Å²) in [6.45, 7) is 4.32. The summed E-state index contributed by atoms with van der Waals surface area (Å²) in [6.07, 6.45) is 4.94. The topological polar surface area (TPSA) is 59.1 Å². The quantitative estimate of drug-likeness (QED) is 0.635. The lowest BCUT2D eigenvalue weighted by molar-refractivity contribution is 0.135. The minimum absolute atomic E-state index is 0.0779. The Kier molecular flexibility index (Phi) is 3.90. The molecule has 0 saturated heterocycles. The first kappa shape index (κ1) is 12.9. The fraction of sp³-hybridized carbons (Fsp3) is 0.533. The maximum Gasteiger partial charge on any atom is 0.130 e. The molecule has 3 nitrogen and oxygen atoms in total. The molecule has 1 aliphatic carbocycles. The van der Waals surface area contributed by atoms with Crippen molar-refractivity contribution in [3.63, 3.8) is 0 Å². The molecular formula is C15H22N2O. The number of aryl methyl sites for hydroxylation is 1. The number of nitrogens with one attached hydrogen (secondary N) is 1. The minimum Gasteiger partial charge on any atom is -0.490 e. The second-order valence-corrected chi connectivity index (χ2v) is 5.41. The van der Waals surface area contributed by atoms with E-state index in [1.807, 2.05) is 25.1 Å². The predicted octanol–water partition coefficient (Wildman–Crippen LogP) is 3.24. The summed E-state index contributed by atoms with van der Waals surface area (Å²) in [6, 6.07) is 5.82. The van der Waals surface area contributed by atoms with Gasteiger partial charge in [-0.15, -0.1) is 0 Å². The van der Waals surface area contributed by atoms with Gasteiger partial charge in [0.05, 0.1) is 11.7 Å². The Bertz CT molecular complexity index is 434. The van der Waals surface area contributed by atoms with Crippen LogP contribution < -0.4 is 10.5 Å². The van der Waals surface area contributed by atoms with E-state index in [1.54, 1.807) is 0 Å². The molecule has 0 amide bonds. The van der Waals surface area contributed by atoms with Crippen LogP contribution in [0.4, 0.5) is 0 Å². The maximum atomic E-state index is 7.59. The summed E-state index contributed by atoms with van der Waals surface area (Å²) >= 11 is 0. The average Bonchev–Trinajstić information content (AvgIpc) is 2.32. The lowest BCUT2D eigenvalue weighted by Gasteiger charge is -2.27. The molecule has 1 saturated carbocycles. The Morgan fingerprint density at radius 2 is 1.94 bits per heavy atom. The predicted molar refractivity (Wildman–Crippen MR) is 74.2 cm³/mol. The third-order valence-electron chi connectivity index (χ3n) is 3.68. The van der Waals surface area contributed by atoms with Crippen molar-refractivity contribution in [1.82, 2.24) is 0 Å². The molecule has 3 N–H and O–H groups in total. The van der Waals surface area contributed by atoms with Crippen LogP contribution >= 0.6 is 0 Å². The van der Waals surface area contributed by atoms with E-state index in [9.17, 15) is 0 Å². The molecule has 18 heavy (non-hydrogen) atoms. The van der Waals surface area contributed by atoms with E-state index < -0.39 is 0 Å². The van der Waals surface area contributed by atoms with Crippen LogP contribution in [0.1, 0.15) is 43.7 Å². The van der Waals surface area contributed by atoms with Gasteiger partial charge in [0.15, 0.2) is 0 Å². The molecule has 1 fully saturated rings. The lowest BCUT2D eigenvalue weighted by atomic mass is 9.89. The molecule has 0 radical (unpaired) electrons. The van der Waals surface area contributed by atoms with E-state index in [2.05, 4.69) is 6.92 Å². The van der Waals surface area contributed by atoms with Crippen molar-refractivity contribution in [2.75, 3.05) is 0 Å². The molecule has 0 aromatic heterocycles. The molecule has 0 spiro atoms. The fourth-order valence-electron chi connectivity index (χ4n) is 2.48. The largest absolute Gasteiger partial charge is 0.490 e. The summed E-state index contributed by atoms with van der Waals surface area (Å²) < 4.78 is 6.06. The highest BCUT2D eigenvalue weighted by molar-refractivity contribution is 5.97. The van der Waals surface area contributed by atoms with E-state index in [0.717, 1.165) is 30.1 Å². The SMILES string of the molecule is Cc1ccc(C(=N)N)c(OC2CCC(C)CC2)c1.